The molecule has 0 aromatic heterocycles. The number of hydrogen-bond acceptors (Lipinski definition) is 5. The lowest BCUT2D eigenvalue weighted by Gasteiger charge is -2.39. The van der Waals surface area contributed by atoms with Crippen molar-refractivity contribution in [2.24, 2.45) is 17.8 Å². The second kappa shape index (κ2) is 8.84. The smallest absolute Gasteiger partial charge is 0.175 e. The Balaban J connectivity index is 1.57. The van der Waals surface area contributed by atoms with Crippen LogP contribution in [-0.4, -0.2) is 52.3 Å². The first-order valence-corrected chi connectivity index (χ1v) is 12.4. The molecule has 1 aromatic rings. The van der Waals surface area contributed by atoms with Crippen LogP contribution in [0, 0.1) is 29.1 Å². The molecule has 2 heterocycles. The van der Waals surface area contributed by atoms with E-state index < -0.39 is 9.84 Å². The molecule has 1 aromatic carbocycles. The van der Waals surface area contributed by atoms with Crippen molar-refractivity contribution in [1.29, 1.82) is 5.26 Å². The lowest BCUT2D eigenvalue weighted by molar-refractivity contribution is 0.132. The molecule has 154 valence electrons. The van der Waals surface area contributed by atoms with Crippen LogP contribution in [0.1, 0.15) is 45.1 Å². The zero-order chi connectivity index (χ0) is 20.3. The van der Waals surface area contributed by atoms with E-state index in [-0.39, 0.29) is 4.90 Å². The van der Waals surface area contributed by atoms with Gasteiger partial charge in [0.2, 0.25) is 0 Å². The van der Waals surface area contributed by atoms with E-state index >= 15 is 0 Å². The Hall–Kier alpha value is -1.58. The highest BCUT2D eigenvalue weighted by molar-refractivity contribution is 7.90. The molecule has 2 aliphatic heterocycles. The Bertz CT molecular complexity index is 813. The summed E-state index contributed by atoms with van der Waals surface area (Å²) in [6.07, 6.45) is 6.09. The fourth-order valence-electron chi connectivity index (χ4n) is 4.59. The first kappa shape index (κ1) is 21.1. The van der Waals surface area contributed by atoms with Gasteiger partial charge in [0.15, 0.2) is 9.84 Å². The van der Waals surface area contributed by atoms with Crippen molar-refractivity contribution in [2.75, 3.05) is 43.9 Å². The molecule has 2 saturated heterocycles. The molecule has 0 unspecified atom stereocenters. The quantitative estimate of drug-likeness (QED) is 0.752. The lowest BCUT2D eigenvalue weighted by Crippen LogP contribution is -2.42. The monoisotopic (exact) mass is 403 g/mol. The van der Waals surface area contributed by atoms with Gasteiger partial charge in [-0.2, -0.15) is 5.26 Å². The number of hydrogen-bond donors (Lipinski definition) is 0. The molecule has 0 amide bonds. The Morgan fingerprint density at radius 2 is 1.71 bits per heavy atom. The number of sulfone groups is 1. The third-order valence-electron chi connectivity index (χ3n) is 6.52. The van der Waals surface area contributed by atoms with E-state index in [1.54, 1.807) is 6.07 Å². The van der Waals surface area contributed by atoms with Gasteiger partial charge in [-0.25, -0.2) is 8.42 Å². The molecule has 0 bridgehead atoms. The van der Waals surface area contributed by atoms with E-state index in [0.717, 1.165) is 43.5 Å². The normalized spacial score (nSPS) is 20.5. The summed E-state index contributed by atoms with van der Waals surface area (Å²) in [5, 5.41) is 9.26. The van der Waals surface area contributed by atoms with Gasteiger partial charge in [-0.3, -0.25) is 0 Å². The molecule has 0 N–H and O–H groups in total. The van der Waals surface area contributed by atoms with Gasteiger partial charge in [-0.1, -0.05) is 13.8 Å². The van der Waals surface area contributed by atoms with Crippen LogP contribution in [0.25, 0.3) is 0 Å². The highest BCUT2D eigenvalue weighted by atomic mass is 32.2. The molecule has 0 spiro atoms. The molecule has 2 fully saturated rings. The van der Waals surface area contributed by atoms with Crippen LogP contribution < -0.4 is 4.90 Å². The van der Waals surface area contributed by atoms with E-state index in [9.17, 15) is 13.7 Å². The molecule has 2 aliphatic rings. The maximum absolute atomic E-state index is 11.9. The van der Waals surface area contributed by atoms with Crippen molar-refractivity contribution in [3.63, 3.8) is 0 Å². The van der Waals surface area contributed by atoms with E-state index in [2.05, 4.69) is 29.7 Å². The molecule has 0 aliphatic carbocycles. The maximum Gasteiger partial charge on any atom is 0.175 e. The fraction of sp³-hybridized carbons (Fsp3) is 0.682. The topological polar surface area (TPSA) is 64.4 Å². The summed E-state index contributed by atoms with van der Waals surface area (Å²) in [6, 6.07) is 7.09. The van der Waals surface area contributed by atoms with Gasteiger partial charge in [-0.05, 0) is 74.7 Å². The van der Waals surface area contributed by atoms with Crippen LogP contribution in [0.5, 0.6) is 0 Å². The summed E-state index contributed by atoms with van der Waals surface area (Å²) in [7, 11) is -3.32. The van der Waals surface area contributed by atoms with E-state index in [1.165, 1.54) is 44.8 Å². The third-order valence-corrected chi connectivity index (χ3v) is 7.61. The van der Waals surface area contributed by atoms with Gasteiger partial charge >= 0.3 is 0 Å². The molecule has 3 rings (SSSR count). The molecule has 0 saturated carbocycles. The molecule has 5 nitrogen and oxygen atoms in total. The second-order valence-corrected chi connectivity index (χ2v) is 10.9. The van der Waals surface area contributed by atoms with E-state index in [4.69, 9.17) is 0 Å². The van der Waals surface area contributed by atoms with Crippen LogP contribution >= 0.6 is 0 Å². The summed E-state index contributed by atoms with van der Waals surface area (Å²) in [5.41, 5.74) is 1.27. The van der Waals surface area contributed by atoms with Gasteiger partial charge in [0, 0.05) is 31.6 Å². The number of piperidine rings is 2. The number of rotatable bonds is 5. The van der Waals surface area contributed by atoms with Crippen molar-refractivity contribution in [2.45, 2.75) is 44.4 Å². The van der Waals surface area contributed by atoms with Crippen molar-refractivity contribution in [1.82, 2.24) is 4.90 Å². The van der Waals surface area contributed by atoms with Crippen LogP contribution in [0.15, 0.2) is 23.1 Å². The van der Waals surface area contributed by atoms with Gasteiger partial charge in [0.25, 0.3) is 0 Å². The number of anilines is 1. The van der Waals surface area contributed by atoms with Crippen LogP contribution in [0.4, 0.5) is 5.69 Å². The number of nitrogens with zero attached hydrogens (tertiary/aromatic N) is 3. The van der Waals surface area contributed by atoms with Crippen LogP contribution in [0.3, 0.4) is 0 Å². The first-order valence-electron chi connectivity index (χ1n) is 10.5. The Labute approximate surface area is 170 Å². The lowest BCUT2D eigenvalue weighted by atomic mass is 9.86. The van der Waals surface area contributed by atoms with Crippen molar-refractivity contribution < 1.29 is 8.42 Å². The Morgan fingerprint density at radius 1 is 1.07 bits per heavy atom. The van der Waals surface area contributed by atoms with Crippen molar-refractivity contribution >= 4 is 15.5 Å². The zero-order valence-electron chi connectivity index (χ0n) is 17.4. The molecular formula is C22H33N3O2S. The van der Waals surface area contributed by atoms with Crippen molar-refractivity contribution in [3.8, 4) is 6.07 Å². The number of likely N-dealkylation sites (tertiary alicyclic amines) is 1. The molecular weight excluding hydrogens is 370 g/mol. The Morgan fingerprint density at radius 3 is 2.25 bits per heavy atom. The first-order chi connectivity index (χ1) is 13.3. The van der Waals surface area contributed by atoms with E-state index in [1.807, 2.05) is 6.07 Å². The highest BCUT2D eigenvalue weighted by Gasteiger charge is 2.26. The second-order valence-electron chi connectivity index (χ2n) is 8.91. The van der Waals surface area contributed by atoms with Gasteiger partial charge in [-0.15, -0.1) is 0 Å². The zero-order valence-corrected chi connectivity index (χ0v) is 18.2. The average Bonchev–Trinajstić information content (AvgIpc) is 2.68. The largest absolute Gasteiger partial charge is 0.371 e. The molecule has 0 radical (unpaired) electrons. The summed E-state index contributed by atoms with van der Waals surface area (Å²) in [5.74, 6) is 2.39. The average molecular weight is 404 g/mol. The predicted molar refractivity (Wildman–Crippen MR) is 113 cm³/mol. The highest BCUT2D eigenvalue weighted by Crippen LogP contribution is 2.29. The van der Waals surface area contributed by atoms with Gasteiger partial charge in [0.1, 0.15) is 0 Å². The summed E-state index contributed by atoms with van der Waals surface area (Å²) in [4.78, 5) is 5.10. The summed E-state index contributed by atoms with van der Waals surface area (Å²) < 4.78 is 23.9. The molecule has 28 heavy (non-hydrogen) atoms. The summed E-state index contributed by atoms with van der Waals surface area (Å²) >= 11 is 0. The predicted octanol–water partition coefficient (Wildman–Crippen LogP) is 3.55. The molecule has 0 atom stereocenters. The fourth-order valence-corrected chi connectivity index (χ4v) is 5.26. The van der Waals surface area contributed by atoms with Gasteiger partial charge < -0.3 is 9.80 Å². The minimum atomic E-state index is -3.32. The van der Waals surface area contributed by atoms with Crippen LogP contribution in [0.2, 0.25) is 0 Å². The summed E-state index contributed by atoms with van der Waals surface area (Å²) in [6.45, 7) is 10.2. The van der Waals surface area contributed by atoms with Crippen LogP contribution in [-0.2, 0) is 9.84 Å². The number of benzene rings is 1. The van der Waals surface area contributed by atoms with Crippen molar-refractivity contribution in [3.05, 3.63) is 23.8 Å². The van der Waals surface area contributed by atoms with Gasteiger partial charge in [0.05, 0.1) is 16.5 Å². The SMILES string of the molecule is CC(C)C1CCN(CC2CCN(c3cc(C#N)cc(S(C)(=O)=O)c3)CC2)CC1. The molecule has 6 heteroatoms. The standard InChI is InChI=1S/C22H33N3O2S/c1-17(2)20-6-8-24(9-7-20)16-18-4-10-25(11-5-18)21-12-19(15-23)13-22(14-21)28(3,26)27/h12-14,17-18,20H,4-11,16H2,1-3H3. The van der Waals surface area contributed by atoms with E-state index in [0.29, 0.717) is 11.5 Å². The minimum absolute atomic E-state index is 0.233. The Kier molecular flexibility index (Phi) is 6.67. The third kappa shape index (κ3) is 5.27. The minimum Gasteiger partial charge on any atom is -0.371 e. The number of nitriles is 1. The maximum atomic E-state index is 11.9.